The van der Waals surface area contributed by atoms with Gasteiger partial charge in [0.25, 0.3) is 5.91 Å². The van der Waals surface area contributed by atoms with Gasteiger partial charge in [-0.1, -0.05) is 0 Å². The minimum atomic E-state index is -0.949. The predicted molar refractivity (Wildman–Crippen MR) is 135 cm³/mol. The molecule has 3 aromatic rings. The van der Waals surface area contributed by atoms with Crippen LogP contribution >= 0.6 is 11.3 Å². The molecule has 5 rings (SSSR count). The van der Waals surface area contributed by atoms with Crippen LogP contribution < -0.4 is 10.2 Å². The number of morpholine rings is 1. The first-order chi connectivity index (χ1) is 17.0. The molecular weight excluding hydrogens is 468 g/mol. The largest absolute Gasteiger partial charge is 0.384 e. The number of carbonyl (C=O) groups is 1. The lowest BCUT2D eigenvalue weighted by Gasteiger charge is -2.35. The molecule has 2 aliphatic rings. The average Bonchev–Trinajstić information content (AvgIpc) is 3.31. The fraction of sp³-hybridized carbons (Fsp3) is 0.522. The maximum absolute atomic E-state index is 12.1. The van der Waals surface area contributed by atoms with Crippen LogP contribution in [0.4, 0.5) is 11.8 Å². The number of nitrogens with zero attached hydrogens (tertiary/aromatic N) is 7. The van der Waals surface area contributed by atoms with Crippen molar-refractivity contribution in [3.8, 4) is 11.4 Å². The number of aromatic nitrogens is 4. The minimum absolute atomic E-state index is 0.198. The van der Waals surface area contributed by atoms with Crippen molar-refractivity contribution in [1.29, 1.82) is 0 Å². The number of ether oxygens (including phenoxy) is 1. The Labute approximate surface area is 207 Å². The number of hydrogen-bond donors (Lipinski definition) is 2. The lowest BCUT2D eigenvalue weighted by Crippen LogP contribution is -2.50. The van der Waals surface area contributed by atoms with Gasteiger partial charge in [-0.05, 0) is 13.0 Å². The van der Waals surface area contributed by atoms with Gasteiger partial charge in [-0.15, -0.1) is 11.3 Å². The maximum atomic E-state index is 12.1. The van der Waals surface area contributed by atoms with Crippen LogP contribution in [0.15, 0.2) is 18.5 Å². The van der Waals surface area contributed by atoms with Crippen molar-refractivity contribution in [3.63, 3.8) is 0 Å². The number of thiophene rings is 1. The number of aliphatic hydroxyl groups excluding tert-OH is 1. The summed E-state index contributed by atoms with van der Waals surface area (Å²) >= 11 is 1.67. The maximum Gasteiger partial charge on any atom is 0.251 e. The molecular formula is C23H30N8O3S. The Morgan fingerprint density at radius 1 is 1.14 bits per heavy atom. The molecule has 0 saturated carbocycles. The Hall–Kier alpha value is -2.93. The van der Waals surface area contributed by atoms with Crippen LogP contribution in [-0.4, -0.2) is 106 Å². The Morgan fingerprint density at radius 2 is 1.86 bits per heavy atom. The first-order valence-electron chi connectivity index (χ1n) is 11.8. The highest BCUT2D eigenvalue weighted by atomic mass is 32.1. The highest BCUT2D eigenvalue weighted by Crippen LogP contribution is 2.34. The third kappa shape index (κ3) is 5.20. The van der Waals surface area contributed by atoms with Gasteiger partial charge in [-0.2, -0.15) is 0 Å². The van der Waals surface area contributed by atoms with Crippen LogP contribution in [0.2, 0.25) is 0 Å². The van der Waals surface area contributed by atoms with Gasteiger partial charge in [0.1, 0.15) is 16.8 Å². The van der Waals surface area contributed by atoms with Crippen molar-refractivity contribution < 1.29 is 14.6 Å². The molecule has 1 amide bonds. The van der Waals surface area contributed by atoms with E-state index >= 15 is 0 Å². The summed E-state index contributed by atoms with van der Waals surface area (Å²) in [5.74, 6) is 1.88. The summed E-state index contributed by atoms with van der Waals surface area (Å²) in [6, 6.07) is 2.20. The highest BCUT2D eigenvalue weighted by molar-refractivity contribution is 7.18. The molecule has 11 nitrogen and oxygen atoms in total. The van der Waals surface area contributed by atoms with Crippen molar-refractivity contribution in [2.75, 3.05) is 69.7 Å². The monoisotopic (exact) mass is 498 g/mol. The van der Waals surface area contributed by atoms with Crippen molar-refractivity contribution in [2.24, 2.45) is 0 Å². The van der Waals surface area contributed by atoms with E-state index in [9.17, 15) is 9.90 Å². The fourth-order valence-electron chi connectivity index (χ4n) is 4.36. The summed E-state index contributed by atoms with van der Waals surface area (Å²) in [5.41, 5.74) is 0.772. The topological polar surface area (TPSA) is 120 Å². The number of hydrogen-bond acceptors (Lipinski definition) is 11. The average molecular weight is 499 g/mol. The summed E-state index contributed by atoms with van der Waals surface area (Å²) in [6.45, 7) is 8.02. The second-order valence-electron chi connectivity index (χ2n) is 8.72. The van der Waals surface area contributed by atoms with Crippen LogP contribution in [0.25, 0.3) is 21.6 Å². The zero-order valence-corrected chi connectivity index (χ0v) is 20.8. The Morgan fingerprint density at radius 3 is 2.51 bits per heavy atom. The number of anilines is 2. The van der Waals surface area contributed by atoms with Gasteiger partial charge in [0, 0.05) is 70.1 Å². The predicted octanol–water partition coefficient (Wildman–Crippen LogP) is 1.05. The molecule has 2 fully saturated rings. The number of rotatable bonds is 6. The molecule has 0 spiro atoms. The summed E-state index contributed by atoms with van der Waals surface area (Å²) in [7, 11) is 1.78. The van der Waals surface area contributed by atoms with Gasteiger partial charge in [-0.25, -0.2) is 19.9 Å². The van der Waals surface area contributed by atoms with Crippen LogP contribution in [0.1, 0.15) is 11.8 Å². The second kappa shape index (κ2) is 10.4. The molecule has 3 aromatic heterocycles. The minimum Gasteiger partial charge on any atom is -0.384 e. The molecule has 35 heavy (non-hydrogen) atoms. The van der Waals surface area contributed by atoms with E-state index in [0.29, 0.717) is 38.1 Å². The van der Waals surface area contributed by atoms with Gasteiger partial charge in [0.05, 0.1) is 24.2 Å². The molecule has 0 aromatic carbocycles. The van der Waals surface area contributed by atoms with E-state index in [1.807, 2.05) is 0 Å². The molecule has 0 radical (unpaired) electrons. The van der Waals surface area contributed by atoms with Gasteiger partial charge in [0.2, 0.25) is 5.95 Å². The standard InChI is InChI=1S/C23H30N8O3S/c1-15(32)22(33)31-5-3-29(4-6-31)14-17-11-18-20(30-7-9-34-10-8-30)27-19(28-21(18)35-17)16-12-25-23(24-2)26-13-16/h11-13,15,32H,3-10,14H2,1-2H3,(H,24,25,26)/t15-/m0/s1. The normalized spacial score (nSPS) is 18.1. The van der Waals surface area contributed by atoms with Gasteiger partial charge in [-0.3, -0.25) is 9.69 Å². The third-order valence-electron chi connectivity index (χ3n) is 6.29. The molecule has 186 valence electrons. The van der Waals surface area contributed by atoms with Crippen LogP contribution in [0.5, 0.6) is 0 Å². The molecule has 12 heteroatoms. The molecule has 0 bridgehead atoms. The van der Waals surface area contributed by atoms with Crippen molar-refractivity contribution in [2.45, 2.75) is 19.6 Å². The Balaban J connectivity index is 1.41. The molecule has 1 atom stereocenters. The molecule has 0 unspecified atom stereocenters. The summed E-state index contributed by atoms with van der Waals surface area (Å²) in [5, 5.41) is 13.6. The lowest BCUT2D eigenvalue weighted by atomic mass is 10.2. The quantitative estimate of drug-likeness (QED) is 0.510. The van der Waals surface area contributed by atoms with Crippen LogP contribution in [0, 0.1) is 0 Å². The van der Waals surface area contributed by atoms with E-state index in [1.165, 1.54) is 11.8 Å². The summed E-state index contributed by atoms with van der Waals surface area (Å²) < 4.78 is 5.56. The van der Waals surface area contributed by atoms with E-state index in [1.54, 1.807) is 35.7 Å². The lowest BCUT2D eigenvalue weighted by molar-refractivity contribution is -0.141. The zero-order valence-electron chi connectivity index (χ0n) is 20.0. The summed E-state index contributed by atoms with van der Waals surface area (Å²) in [6.07, 6.45) is 2.53. The molecule has 2 aliphatic heterocycles. The fourth-order valence-corrected chi connectivity index (χ4v) is 5.43. The molecule has 5 heterocycles. The van der Waals surface area contributed by atoms with E-state index in [-0.39, 0.29) is 5.91 Å². The van der Waals surface area contributed by atoms with Gasteiger partial charge >= 0.3 is 0 Å². The first kappa shape index (κ1) is 23.8. The van der Waals surface area contributed by atoms with Gasteiger partial charge < -0.3 is 25.0 Å². The van der Waals surface area contributed by atoms with Crippen molar-refractivity contribution >= 4 is 39.2 Å². The Bertz CT molecular complexity index is 1170. The van der Waals surface area contributed by atoms with E-state index < -0.39 is 6.10 Å². The smallest absolute Gasteiger partial charge is 0.251 e. The summed E-state index contributed by atoms with van der Waals surface area (Å²) in [4.78, 5) is 39.0. The highest BCUT2D eigenvalue weighted by Gasteiger charge is 2.25. The van der Waals surface area contributed by atoms with Crippen LogP contribution in [0.3, 0.4) is 0 Å². The second-order valence-corrected chi connectivity index (χ2v) is 9.84. The van der Waals surface area contributed by atoms with E-state index in [0.717, 1.165) is 54.3 Å². The third-order valence-corrected chi connectivity index (χ3v) is 7.30. The van der Waals surface area contributed by atoms with Crippen molar-refractivity contribution in [3.05, 3.63) is 23.3 Å². The number of fused-ring (bicyclic) bond motifs is 1. The first-order valence-corrected chi connectivity index (χ1v) is 12.7. The molecule has 2 N–H and O–H groups in total. The number of carbonyl (C=O) groups excluding carboxylic acids is 1. The Kier molecular flexibility index (Phi) is 7.04. The number of amides is 1. The molecule has 2 saturated heterocycles. The number of aliphatic hydroxyl groups is 1. The van der Waals surface area contributed by atoms with Crippen molar-refractivity contribution in [1.82, 2.24) is 29.7 Å². The number of piperazine rings is 1. The van der Waals surface area contributed by atoms with E-state index in [2.05, 4.69) is 31.2 Å². The van der Waals surface area contributed by atoms with Crippen LogP contribution in [-0.2, 0) is 16.1 Å². The SMILES string of the molecule is CNc1ncc(-c2nc(N3CCOCC3)c3cc(CN4CCN(C(=O)[C@H](C)O)CC4)sc3n2)cn1. The van der Waals surface area contributed by atoms with E-state index in [4.69, 9.17) is 14.7 Å². The zero-order chi connectivity index (χ0) is 24.4. The number of nitrogens with one attached hydrogen (secondary N) is 1. The molecule has 0 aliphatic carbocycles. The van der Waals surface area contributed by atoms with Gasteiger partial charge in [0.15, 0.2) is 5.82 Å².